The zero-order chi connectivity index (χ0) is 34.7. The van der Waals surface area contributed by atoms with Gasteiger partial charge in [0.2, 0.25) is 5.91 Å². The van der Waals surface area contributed by atoms with Gasteiger partial charge in [0.15, 0.2) is 5.78 Å². The maximum absolute atomic E-state index is 12.9. The van der Waals surface area contributed by atoms with E-state index in [9.17, 15) is 14.7 Å². The van der Waals surface area contributed by atoms with Gasteiger partial charge in [-0.15, -0.1) is 0 Å². The monoisotopic (exact) mass is 670 g/mol. The van der Waals surface area contributed by atoms with Crippen LogP contribution in [0.15, 0.2) is 0 Å². The molecule has 7 heteroatoms. The molecule has 0 saturated carbocycles. The van der Waals surface area contributed by atoms with Gasteiger partial charge in [0.25, 0.3) is 0 Å². The van der Waals surface area contributed by atoms with E-state index in [1.54, 1.807) is 0 Å². The number of carbonyl (C=O) groups is 2. The van der Waals surface area contributed by atoms with Crippen molar-refractivity contribution in [3.8, 4) is 0 Å². The van der Waals surface area contributed by atoms with E-state index in [2.05, 4.69) is 13.8 Å². The minimum absolute atomic E-state index is 0.239. The smallest absolute Gasteiger partial charge is 0.223 e. The van der Waals surface area contributed by atoms with Gasteiger partial charge in [-0.1, -0.05) is 162 Å². The van der Waals surface area contributed by atoms with Crippen molar-refractivity contribution in [2.75, 3.05) is 33.0 Å². The predicted octanol–water partition coefficient (Wildman–Crippen LogP) is 9.77. The average Bonchev–Trinajstić information content (AvgIpc) is 3.07. The summed E-state index contributed by atoms with van der Waals surface area (Å²) < 4.78 is 11.4. The molecule has 0 rings (SSSR count). The summed E-state index contributed by atoms with van der Waals surface area (Å²) in [5.74, 6) is -0.776. The van der Waals surface area contributed by atoms with Crippen LogP contribution in [0.1, 0.15) is 200 Å². The van der Waals surface area contributed by atoms with E-state index in [-0.39, 0.29) is 12.5 Å². The standard InChI is InChI=1S/C40H79NO6/c1-3-5-7-9-11-13-15-16-17-18-20-22-24-26-32-46-33-27-30-40(39(41)45,31-28-34-47-36-38(44)37(43)35-42)29-25-23-21-19-14-12-10-8-6-4-2/h37,42-43H,3-36H2,1-2H3,(H2,41,45). The zero-order valence-electron chi connectivity index (χ0n) is 31.2. The molecular formula is C40H79NO6. The highest BCUT2D eigenvalue weighted by atomic mass is 16.5. The number of hydrogen-bond donors (Lipinski definition) is 3. The number of nitrogens with two attached hydrogens (primary N) is 1. The molecule has 0 aromatic heterocycles. The summed E-state index contributed by atoms with van der Waals surface area (Å²) in [5, 5.41) is 18.4. The number of aliphatic hydroxyl groups excluding tert-OH is 2. The highest BCUT2D eigenvalue weighted by molar-refractivity contribution is 5.84. The molecule has 0 aliphatic heterocycles. The number of ether oxygens (including phenoxy) is 2. The maximum Gasteiger partial charge on any atom is 0.223 e. The summed E-state index contributed by atoms with van der Waals surface area (Å²) >= 11 is 0. The lowest BCUT2D eigenvalue weighted by Gasteiger charge is -2.31. The maximum atomic E-state index is 12.9. The molecule has 0 aliphatic carbocycles. The molecule has 0 bridgehead atoms. The molecule has 1 amide bonds. The number of primary amides is 1. The molecular weight excluding hydrogens is 590 g/mol. The van der Waals surface area contributed by atoms with E-state index in [0.29, 0.717) is 32.5 Å². The summed E-state index contributed by atoms with van der Waals surface area (Å²) in [6.45, 7) is 5.42. The van der Waals surface area contributed by atoms with Crippen molar-refractivity contribution < 1.29 is 29.3 Å². The first-order valence-electron chi connectivity index (χ1n) is 20.2. The molecule has 0 aliphatic rings. The third-order valence-electron chi connectivity index (χ3n) is 9.85. The van der Waals surface area contributed by atoms with Crippen molar-refractivity contribution in [2.45, 2.75) is 206 Å². The van der Waals surface area contributed by atoms with Crippen LogP contribution in [0.2, 0.25) is 0 Å². The van der Waals surface area contributed by atoms with E-state index >= 15 is 0 Å². The van der Waals surface area contributed by atoms with Gasteiger partial charge >= 0.3 is 0 Å². The second kappa shape index (κ2) is 34.8. The Hall–Kier alpha value is -1.02. The number of rotatable bonds is 39. The first-order valence-corrected chi connectivity index (χ1v) is 20.2. The lowest BCUT2D eigenvalue weighted by molar-refractivity contribution is -0.134. The minimum Gasteiger partial charge on any atom is -0.393 e. The molecule has 2 atom stereocenters. The summed E-state index contributed by atoms with van der Waals surface area (Å²) in [4.78, 5) is 24.6. The van der Waals surface area contributed by atoms with Crippen LogP contribution in [-0.2, 0) is 19.1 Å². The molecule has 0 aromatic rings. The van der Waals surface area contributed by atoms with Crippen LogP contribution in [0.5, 0.6) is 0 Å². The van der Waals surface area contributed by atoms with Crippen LogP contribution in [0, 0.1) is 5.41 Å². The van der Waals surface area contributed by atoms with Gasteiger partial charge in [0, 0.05) is 25.2 Å². The molecule has 47 heavy (non-hydrogen) atoms. The van der Waals surface area contributed by atoms with E-state index in [4.69, 9.17) is 20.3 Å². The number of carbonyl (C=O) groups excluding carboxylic acids is 2. The normalized spacial score (nSPS) is 13.5. The van der Waals surface area contributed by atoms with Gasteiger partial charge in [0.05, 0.1) is 6.61 Å². The van der Waals surface area contributed by atoms with Crippen LogP contribution < -0.4 is 5.73 Å². The van der Waals surface area contributed by atoms with Crippen LogP contribution in [0.4, 0.5) is 0 Å². The average molecular weight is 670 g/mol. The van der Waals surface area contributed by atoms with Gasteiger partial charge in [-0.25, -0.2) is 0 Å². The molecule has 7 nitrogen and oxygen atoms in total. The Bertz CT molecular complexity index is 690. The Kier molecular flexibility index (Phi) is 34.1. The summed E-state index contributed by atoms with van der Waals surface area (Å²) in [6.07, 6.45) is 33.5. The Labute approximate surface area is 290 Å². The van der Waals surface area contributed by atoms with Crippen LogP contribution in [0.3, 0.4) is 0 Å². The van der Waals surface area contributed by atoms with Crippen molar-refractivity contribution in [2.24, 2.45) is 11.1 Å². The van der Waals surface area contributed by atoms with Crippen molar-refractivity contribution in [3.05, 3.63) is 0 Å². The number of amides is 1. The fourth-order valence-corrected chi connectivity index (χ4v) is 6.59. The second-order valence-corrected chi connectivity index (χ2v) is 14.2. The molecule has 280 valence electrons. The third-order valence-corrected chi connectivity index (χ3v) is 9.85. The topological polar surface area (TPSA) is 119 Å². The fraction of sp³-hybridized carbons (Fsp3) is 0.950. The number of Topliss-reactive ketones (excluding diaryl/α,β-unsaturated/α-hetero) is 1. The number of hydrogen-bond acceptors (Lipinski definition) is 6. The minimum atomic E-state index is -1.40. The van der Waals surface area contributed by atoms with Gasteiger partial charge in [-0.3, -0.25) is 9.59 Å². The molecule has 2 unspecified atom stereocenters. The van der Waals surface area contributed by atoms with Crippen LogP contribution in [0.25, 0.3) is 0 Å². The van der Waals surface area contributed by atoms with E-state index in [1.165, 1.54) is 135 Å². The molecule has 0 radical (unpaired) electrons. The highest BCUT2D eigenvalue weighted by Crippen LogP contribution is 2.36. The van der Waals surface area contributed by atoms with Crippen molar-refractivity contribution in [1.29, 1.82) is 0 Å². The van der Waals surface area contributed by atoms with E-state index in [0.717, 1.165) is 38.7 Å². The lowest BCUT2D eigenvalue weighted by Crippen LogP contribution is -2.38. The summed E-state index contributed by atoms with van der Waals surface area (Å²) in [6, 6.07) is 0. The van der Waals surface area contributed by atoms with Crippen molar-refractivity contribution in [3.63, 3.8) is 0 Å². The molecule has 0 fully saturated rings. The first-order chi connectivity index (χ1) is 22.9. The summed E-state index contributed by atoms with van der Waals surface area (Å²) in [5.41, 5.74) is 5.47. The number of unbranched alkanes of at least 4 members (excludes halogenated alkanes) is 22. The number of aliphatic hydroxyl groups is 2. The van der Waals surface area contributed by atoms with Crippen LogP contribution >= 0.6 is 0 Å². The molecule has 0 spiro atoms. The highest BCUT2D eigenvalue weighted by Gasteiger charge is 2.35. The summed E-state index contributed by atoms with van der Waals surface area (Å²) in [7, 11) is 0. The van der Waals surface area contributed by atoms with Gasteiger partial charge in [-0.05, 0) is 38.5 Å². The molecule has 0 heterocycles. The predicted molar refractivity (Wildman–Crippen MR) is 197 cm³/mol. The fourth-order valence-electron chi connectivity index (χ4n) is 6.59. The number of ketones is 1. The lowest BCUT2D eigenvalue weighted by atomic mass is 9.74. The third kappa shape index (κ3) is 28.5. The zero-order valence-corrected chi connectivity index (χ0v) is 31.2. The van der Waals surface area contributed by atoms with E-state index < -0.39 is 23.9 Å². The molecule has 0 saturated heterocycles. The van der Waals surface area contributed by atoms with Crippen LogP contribution in [-0.4, -0.2) is 61.0 Å². The van der Waals surface area contributed by atoms with Gasteiger partial charge in [-0.2, -0.15) is 0 Å². The second-order valence-electron chi connectivity index (χ2n) is 14.2. The first kappa shape index (κ1) is 46.0. The molecule has 4 N–H and O–H groups in total. The van der Waals surface area contributed by atoms with E-state index in [1.807, 2.05) is 0 Å². The quantitative estimate of drug-likeness (QED) is 0.0561. The van der Waals surface area contributed by atoms with Gasteiger partial charge in [0.1, 0.15) is 12.7 Å². The Morgan fingerprint density at radius 1 is 0.532 bits per heavy atom. The SMILES string of the molecule is CCCCCCCCCCCCCCCCOCCCC(CCCCCCCCCCCC)(CCCOCC(=O)C(O)CO)C(N)=O. The Morgan fingerprint density at radius 3 is 1.28 bits per heavy atom. The largest absolute Gasteiger partial charge is 0.393 e. The van der Waals surface area contributed by atoms with Crippen molar-refractivity contribution >= 4 is 11.7 Å². The Balaban J connectivity index is 4.29. The Morgan fingerprint density at radius 2 is 0.872 bits per heavy atom. The molecule has 0 aromatic carbocycles. The van der Waals surface area contributed by atoms with Gasteiger partial charge < -0.3 is 25.4 Å². The van der Waals surface area contributed by atoms with Crippen molar-refractivity contribution in [1.82, 2.24) is 0 Å².